The molecule has 0 unspecified atom stereocenters. The number of hydroxylamine groups is 1. The third-order valence-electron chi connectivity index (χ3n) is 2.90. The van der Waals surface area contributed by atoms with Crippen molar-refractivity contribution in [3.05, 3.63) is 23.8 Å². The molecule has 96 valence electrons. The molecule has 2 rings (SSSR count). The van der Waals surface area contributed by atoms with Gasteiger partial charge in [0.1, 0.15) is 6.04 Å². The molecule has 6 nitrogen and oxygen atoms in total. The number of benzene rings is 1. The van der Waals surface area contributed by atoms with Crippen molar-refractivity contribution in [1.29, 1.82) is 0 Å². The van der Waals surface area contributed by atoms with E-state index in [0.717, 1.165) is 5.69 Å². The van der Waals surface area contributed by atoms with Gasteiger partial charge in [0, 0.05) is 5.56 Å². The van der Waals surface area contributed by atoms with Crippen molar-refractivity contribution in [2.24, 2.45) is 5.92 Å². The molecule has 0 spiro atoms. The van der Waals surface area contributed by atoms with E-state index in [1.54, 1.807) is 17.6 Å². The molecule has 1 aromatic carbocycles. The van der Waals surface area contributed by atoms with Gasteiger partial charge in [0.15, 0.2) is 0 Å². The third kappa shape index (κ3) is 2.14. The topological polar surface area (TPSA) is 90.5 Å². The fourth-order valence-electron chi connectivity index (χ4n) is 1.89. The number of carbonyl (C=O) groups excluding carboxylic acids is 2. The first kappa shape index (κ1) is 12.4. The van der Waals surface area contributed by atoms with Gasteiger partial charge < -0.3 is 10.6 Å². The van der Waals surface area contributed by atoms with Gasteiger partial charge in [-0.05, 0) is 24.1 Å². The van der Waals surface area contributed by atoms with Crippen LogP contribution in [0.25, 0.3) is 0 Å². The molecule has 0 fully saturated rings. The van der Waals surface area contributed by atoms with Crippen molar-refractivity contribution in [2.45, 2.75) is 19.9 Å². The van der Waals surface area contributed by atoms with Crippen LogP contribution in [0.15, 0.2) is 18.2 Å². The Kier molecular flexibility index (Phi) is 3.20. The van der Waals surface area contributed by atoms with E-state index in [4.69, 9.17) is 5.21 Å². The summed E-state index contributed by atoms with van der Waals surface area (Å²) in [6, 6.07) is 4.51. The summed E-state index contributed by atoms with van der Waals surface area (Å²) in [6.07, 6.45) is 0. The summed E-state index contributed by atoms with van der Waals surface area (Å²) in [5, 5.41) is 14.4. The molecule has 1 atom stereocenters. The molecule has 0 radical (unpaired) electrons. The van der Waals surface area contributed by atoms with Gasteiger partial charge in [0.2, 0.25) is 5.91 Å². The maximum atomic E-state index is 11.8. The van der Waals surface area contributed by atoms with Crippen molar-refractivity contribution < 1.29 is 14.8 Å². The zero-order chi connectivity index (χ0) is 13.3. The lowest BCUT2D eigenvalue weighted by molar-refractivity contribution is -0.117. The highest BCUT2D eigenvalue weighted by Gasteiger charge is 2.28. The Balaban J connectivity index is 2.32. The number of rotatable bonds is 2. The quantitative estimate of drug-likeness (QED) is 0.468. The Bertz CT molecular complexity index is 499. The summed E-state index contributed by atoms with van der Waals surface area (Å²) in [4.78, 5) is 23.1. The van der Waals surface area contributed by atoms with Crippen molar-refractivity contribution in [3.8, 4) is 0 Å². The van der Waals surface area contributed by atoms with Crippen molar-refractivity contribution in [3.63, 3.8) is 0 Å². The molecule has 2 amide bonds. The lowest BCUT2D eigenvalue weighted by atomic mass is 10.00. The third-order valence-corrected chi connectivity index (χ3v) is 2.90. The molecule has 18 heavy (non-hydrogen) atoms. The minimum absolute atomic E-state index is 0.126. The molecule has 0 aliphatic carbocycles. The number of hydrogen-bond donors (Lipinski definition) is 4. The second-order valence-electron chi connectivity index (χ2n) is 4.56. The Morgan fingerprint density at radius 2 is 2.11 bits per heavy atom. The van der Waals surface area contributed by atoms with Gasteiger partial charge in [0.05, 0.1) is 11.4 Å². The molecular formula is C12H15N3O3. The Morgan fingerprint density at radius 1 is 1.39 bits per heavy atom. The molecule has 1 aliphatic heterocycles. The predicted octanol–water partition coefficient (Wildman–Crippen LogP) is 1.19. The maximum absolute atomic E-state index is 11.8. The number of anilines is 2. The molecule has 1 heterocycles. The minimum atomic E-state index is -0.613. The van der Waals surface area contributed by atoms with E-state index >= 15 is 0 Å². The number of nitrogens with one attached hydrogen (secondary N) is 3. The van der Waals surface area contributed by atoms with Crippen LogP contribution in [0.2, 0.25) is 0 Å². The maximum Gasteiger partial charge on any atom is 0.274 e. The highest BCUT2D eigenvalue weighted by atomic mass is 16.5. The normalized spacial score (nSPS) is 17.8. The monoisotopic (exact) mass is 249 g/mol. The standard InChI is InChI=1S/C12H15N3O3/c1-6(2)10-12(17)14-9-5-7(11(16)15-18)3-4-8(9)13-10/h3-6,10,13,18H,1-2H3,(H,14,17)(H,15,16)/t10-/m0/s1. The van der Waals surface area contributed by atoms with E-state index in [2.05, 4.69) is 10.6 Å². The van der Waals surface area contributed by atoms with Gasteiger partial charge in [0.25, 0.3) is 5.91 Å². The SMILES string of the molecule is CC(C)[C@@H]1Nc2ccc(C(=O)NO)cc2NC1=O. The molecule has 1 aliphatic rings. The van der Waals surface area contributed by atoms with E-state index < -0.39 is 5.91 Å². The molecule has 4 N–H and O–H groups in total. The summed E-state index contributed by atoms with van der Waals surface area (Å²) in [5.74, 6) is -0.573. The molecule has 0 saturated heterocycles. The van der Waals surface area contributed by atoms with Gasteiger partial charge in [-0.25, -0.2) is 5.48 Å². The minimum Gasteiger partial charge on any atom is -0.372 e. The van der Waals surface area contributed by atoms with E-state index in [1.807, 2.05) is 13.8 Å². The summed E-state index contributed by atoms with van der Waals surface area (Å²) >= 11 is 0. The van der Waals surface area contributed by atoms with E-state index in [1.165, 1.54) is 6.07 Å². The Morgan fingerprint density at radius 3 is 2.72 bits per heavy atom. The Hall–Kier alpha value is -2.08. The first-order valence-electron chi connectivity index (χ1n) is 5.69. The average Bonchev–Trinajstić information content (AvgIpc) is 2.35. The molecule has 0 saturated carbocycles. The number of hydrogen-bond acceptors (Lipinski definition) is 4. The Labute approximate surface area is 104 Å². The molecule has 0 bridgehead atoms. The fourth-order valence-corrected chi connectivity index (χ4v) is 1.89. The largest absolute Gasteiger partial charge is 0.372 e. The fraction of sp³-hybridized carbons (Fsp3) is 0.333. The summed E-state index contributed by atoms with van der Waals surface area (Å²) in [7, 11) is 0. The van der Waals surface area contributed by atoms with Crippen LogP contribution in [0.5, 0.6) is 0 Å². The summed E-state index contributed by atoms with van der Waals surface area (Å²) < 4.78 is 0. The second-order valence-corrected chi connectivity index (χ2v) is 4.56. The number of fused-ring (bicyclic) bond motifs is 1. The highest BCUT2D eigenvalue weighted by Crippen LogP contribution is 2.29. The van der Waals surface area contributed by atoms with Crippen LogP contribution in [-0.4, -0.2) is 23.1 Å². The molecule has 6 heteroatoms. The lowest BCUT2D eigenvalue weighted by Crippen LogP contribution is -2.42. The van der Waals surface area contributed by atoms with Gasteiger partial charge in [-0.1, -0.05) is 13.8 Å². The van der Waals surface area contributed by atoms with E-state index in [-0.39, 0.29) is 23.4 Å². The van der Waals surface area contributed by atoms with Crippen molar-refractivity contribution in [2.75, 3.05) is 10.6 Å². The van der Waals surface area contributed by atoms with Crippen molar-refractivity contribution in [1.82, 2.24) is 5.48 Å². The van der Waals surface area contributed by atoms with E-state index in [0.29, 0.717) is 5.69 Å². The second kappa shape index (κ2) is 4.66. The van der Waals surface area contributed by atoms with Gasteiger partial charge in [-0.3, -0.25) is 14.8 Å². The van der Waals surface area contributed by atoms with Crippen LogP contribution in [0.3, 0.4) is 0 Å². The van der Waals surface area contributed by atoms with Gasteiger partial charge >= 0.3 is 0 Å². The van der Waals surface area contributed by atoms with Crippen LogP contribution >= 0.6 is 0 Å². The lowest BCUT2D eigenvalue weighted by Gasteiger charge is -2.29. The summed E-state index contributed by atoms with van der Waals surface area (Å²) in [5.41, 5.74) is 3.14. The van der Waals surface area contributed by atoms with Crippen LogP contribution in [0.1, 0.15) is 24.2 Å². The van der Waals surface area contributed by atoms with Gasteiger partial charge in [-0.2, -0.15) is 0 Å². The smallest absolute Gasteiger partial charge is 0.274 e. The molecule has 1 aromatic rings. The van der Waals surface area contributed by atoms with Crippen LogP contribution in [0.4, 0.5) is 11.4 Å². The summed E-state index contributed by atoms with van der Waals surface area (Å²) in [6.45, 7) is 3.91. The van der Waals surface area contributed by atoms with E-state index in [9.17, 15) is 9.59 Å². The molecule has 0 aromatic heterocycles. The number of carbonyl (C=O) groups is 2. The van der Waals surface area contributed by atoms with Crippen LogP contribution < -0.4 is 16.1 Å². The first-order chi connectivity index (χ1) is 8.52. The average molecular weight is 249 g/mol. The zero-order valence-corrected chi connectivity index (χ0v) is 10.2. The van der Waals surface area contributed by atoms with Gasteiger partial charge in [-0.15, -0.1) is 0 Å². The highest BCUT2D eigenvalue weighted by molar-refractivity contribution is 6.05. The number of amides is 2. The van der Waals surface area contributed by atoms with Crippen LogP contribution in [-0.2, 0) is 4.79 Å². The van der Waals surface area contributed by atoms with Crippen LogP contribution in [0, 0.1) is 5.92 Å². The molecular weight excluding hydrogens is 234 g/mol. The zero-order valence-electron chi connectivity index (χ0n) is 10.2. The van der Waals surface area contributed by atoms with Crippen molar-refractivity contribution >= 4 is 23.2 Å². The first-order valence-corrected chi connectivity index (χ1v) is 5.69. The predicted molar refractivity (Wildman–Crippen MR) is 66.6 cm³/mol.